The van der Waals surface area contributed by atoms with Crippen molar-refractivity contribution in [3.63, 3.8) is 0 Å². The van der Waals surface area contributed by atoms with Gasteiger partial charge in [-0.25, -0.2) is 9.18 Å². The highest BCUT2D eigenvalue weighted by Gasteiger charge is 2.21. The molecule has 0 aliphatic heterocycles. The van der Waals surface area contributed by atoms with E-state index in [1.54, 1.807) is 24.3 Å². The highest BCUT2D eigenvalue weighted by atomic mass is 19.1. The molecule has 28 heavy (non-hydrogen) atoms. The van der Waals surface area contributed by atoms with Crippen molar-refractivity contribution in [1.82, 2.24) is 0 Å². The third-order valence-corrected chi connectivity index (χ3v) is 4.47. The fourth-order valence-electron chi connectivity index (χ4n) is 2.91. The maximum Gasteiger partial charge on any atom is 0.326 e. The smallest absolute Gasteiger partial charge is 0.326 e. The standard InChI is InChI=1S/C23H20FNO3/c1-15-6-8-16(9-7-15)14-21(23(27)28)25-20-5-3-2-4-19(20)22(26)17-10-12-18(24)13-11-17/h2-13,21,25H,14H2,1H3,(H,27,28). The first-order chi connectivity index (χ1) is 13.4. The average Bonchev–Trinajstić information content (AvgIpc) is 2.69. The molecule has 0 aliphatic rings. The molecule has 3 rings (SSSR count). The predicted molar refractivity (Wildman–Crippen MR) is 106 cm³/mol. The summed E-state index contributed by atoms with van der Waals surface area (Å²) in [6, 6.07) is 18.7. The Morgan fingerprint density at radius 3 is 2.25 bits per heavy atom. The number of aliphatic carboxylic acids is 1. The zero-order valence-electron chi connectivity index (χ0n) is 15.4. The van der Waals surface area contributed by atoms with Crippen molar-refractivity contribution in [2.75, 3.05) is 5.32 Å². The van der Waals surface area contributed by atoms with Gasteiger partial charge in [0.05, 0.1) is 0 Å². The predicted octanol–water partition coefficient (Wildman–Crippen LogP) is 4.47. The topological polar surface area (TPSA) is 66.4 Å². The van der Waals surface area contributed by atoms with Crippen LogP contribution in [-0.2, 0) is 11.2 Å². The molecule has 5 heteroatoms. The minimum Gasteiger partial charge on any atom is -0.480 e. The lowest BCUT2D eigenvalue weighted by Gasteiger charge is -2.18. The van der Waals surface area contributed by atoms with E-state index in [1.165, 1.54) is 24.3 Å². The van der Waals surface area contributed by atoms with Crippen LogP contribution in [0.1, 0.15) is 27.0 Å². The monoisotopic (exact) mass is 377 g/mol. The summed E-state index contributed by atoms with van der Waals surface area (Å²) in [6.07, 6.45) is 0.273. The summed E-state index contributed by atoms with van der Waals surface area (Å²) in [7, 11) is 0. The number of rotatable bonds is 7. The highest BCUT2D eigenvalue weighted by molar-refractivity contribution is 6.12. The molecular weight excluding hydrogens is 357 g/mol. The van der Waals surface area contributed by atoms with Crippen molar-refractivity contribution in [2.24, 2.45) is 0 Å². The molecule has 4 nitrogen and oxygen atoms in total. The van der Waals surface area contributed by atoms with E-state index in [9.17, 15) is 19.1 Å². The van der Waals surface area contributed by atoms with Crippen molar-refractivity contribution >= 4 is 17.4 Å². The number of halogens is 1. The molecule has 1 unspecified atom stereocenters. The third-order valence-electron chi connectivity index (χ3n) is 4.47. The lowest BCUT2D eigenvalue weighted by molar-refractivity contribution is -0.137. The lowest BCUT2D eigenvalue weighted by atomic mass is 10.00. The Labute approximate surface area is 162 Å². The fourth-order valence-corrected chi connectivity index (χ4v) is 2.91. The minimum absolute atomic E-state index is 0.273. The molecule has 0 saturated carbocycles. The summed E-state index contributed by atoms with van der Waals surface area (Å²) in [5.74, 6) is -1.74. The third kappa shape index (κ3) is 4.62. The molecule has 0 heterocycles. The van der Waals surface area contributed by atoms with Gasteiger partial charge in [-0.15, -0.1) is 0 Å². The van der Waals surface area contributed by atoms with Gasteiger partial charge in [-0.3, -0.25) is 4.79 Å². The Morgan fingerprint density at radius 2 is 1.61 bits per heavy atom. The number of carbonyl (C=O) groups is 2. The number of carboxylic acid groups (broad SMARTS) is 1. The second kappa shape index (κ2) is 8.48. The van der Waals surface area contributed by atoms with Gasteiger partial charge < -0.3 is 10.4 Å². The Bertz CT molecular complexity index is 981. The second-order valence-corrected chi connectivity index (χ2v) is 6.61. The molecule has 0 saturated heterocycles. The number of carbonyl (C=O) groups excluding carboxylic acids is 1. The average molecular weight is 377 g/mol. The maximum atomic E-state index is 13.1. The zero-order valence-corrected chi connectivity index (χ0v) is 15.4. The van der Waals surface area contributed by atoms with E-state index in [0.29, 0.717) is 16.8 Å². The molecule has 142 valence electrons. The first-order valence-electron chi connectivity index (χ1n) is 8.88. The summed E-state index contributed by atoms with van der Waals surface area (Å²) in [6.45, 7) is 1.97. The van der Waals surface area contributed by atoms with Gasteiger partial charge in [-0.05, 0) is 48.9 Å². The van der Waals surface area contributed by atoms with Crippen LogP contribution in [0.3, 0.4) is 0 Å². The number of benzene rings is 3. The van der Waals surface area contributed by atoms with Gasteiger partial charge in [0, 0.05) is 23.2 Å². The normalized spacial score (nSPS) is 11.6. The molecule has 1 atom stereocenters. The van der Waals surface area contributed by atoms with E-state index in [4.69, 9.17) is 0 Å². The lowest BCUT2D eigenvalue weighted by Crippen LogP contribution is -2.32. The molecule has 3 aromatic carbocycles. The van der Waals surface area contributed by atoms with Gasteiger partial charge in [0.25, 0.3) is 0 Å². The van der Waals surface area contributed by atoms with Crippen LogP contribution in [0.2, 0.25) is 0 Å². The van der Waals surface area contributed by atoms with Crippen LogP contribution in [0.5, 0.6) is 0 Å². The largest absolute Gasteiger partial charge is 0.480 e. The number of para-hydroxylation sites is 1. The number of hydrogen-bond acceptors (Lipinski definition) is 3. The van der Waals surface area contributed by atoms with Crippen LogP contribution < -0.4 is 5.32 Å². The zero-order chi connectivity index (χ0) is 20.1. The van der Waals surface area contributed by atoms with Gasteiger partial charge in [0.15, 0.2) is 5.78 Å². The van der Waals surface area contributed by atoms with E-state index < -0.39 is 17.8 Å². The molecular formula is C23H20FNO3. The van der Waals surface area contributed by atoms with Crippen LogP contribution in [0.25, 0.3) is 0 Å². The Hall–Kier alpha value is -3.47. The number of anilines is 1. The van der Waals surface area contributed by atoms with E-state index in [1.807, 2.05) is 31.2 Å². The molecule has 0 aliphatic carbocycles. The highest BCUT2D eigenvalue weighted by Crippen LogP contribution is 2.21. The van der Waals surface area contributed by atoms with Crippen LogP contribution in [0.4, 0.5) is 10.1 Å². The molecule has 3 aromatic rings. The maximum absolute atomic E-state index is 13.1. The molecule has 0 amide bonds. The molecule has 0 bridgehead atoms. The van der Waals surface area contributed by atoms with E-state index >= 15 is 0 Å². The Kier molecular flexibility index (Phi) is 5.84. The Morgan fingerprint density at radius 1 is 0.964 bits per heavy atom. The van der Waals surface area contributed by atoms with Gasteiger partial charge in [0.1, 0.15) is 11.9 Å². The minimum atomic E-state index is -1.01. The number of aryl methyl sites for hydroxylation is 1. The summed E-state index contributed by atoms with van der Waals surface area (Å²) in [5, 5.41) is 12.6. The van der Waals surface area contributed by atoms with Crippen molar-refractivity contribution < 1.29 is 19.1 Å². The van der Waals surface area contributed by atoms with Crippen molar-refractivity contribution in [3.05, 3.63) is 101 Å². The molecule has 0 radical (unpaired) electrons. The number of nitrogens with one attached hydrogen (secondary N) is 1. The summed E-state index contributed by atoms with van der Waals surface area (Å²) in [4.78, 5) is 24.6. The molecule has 0 fully saturated rings. The van der Waals surface area contributed by atoms with Gasteiger partial charge in [-0.2, -0.15) is 0 Å². The number of ketones is 1. The van der Waals surface area contributed by atoms with Crippen LogP contribution in [0, 0.1) is 12.7 Å². The number of carboxylic acids is 1. The van der Waals surface area contributed by atoms with E-state index in [0.717, 1.165) is 11.1 Å². The van der Waals surface area contributed by atoms with E-state index in [2.05, 4.69) is 5.32 Å². The van der Waals surface area contributed by atoms with Gasteiger partial charge in [-0.1, -0.05) is 42.0 Å². The summed E-state index contributed by atoms with van der Waals surface area (Å²) >= 11 is 0. The van der Waals surface area contributed by atoms with Gasteiger partial charge in [0.2, 0.25) is 0 Å². The summed E-state index contributed by atoms with van der Waals surface area (Å²) < 4.78 is 13.1. The summed E-state index contributed by atoms with van der Waals surface area (Å²) in [5.41, 5.74) is 3.08. The van der Waals surface area contributed by atoms with Crippen LogP contribution in [-0.4, -0.2) is 22.9 Å². The fraction of sp³-hybridized carbons (Fsp3) is 0.130. The van der Waals surface area contributed by atoms with E-state index in [-0.39, 0.29) is 12.2 Å². The SMILES string of the molecule is Cc1ccc(CC(Nc2ccccc2C(=O)c2ccc(F)cc2)C(=O)O)cc1. The molecule has 0 aromatic heterocycles. The van der Waals surface area contributed by atoms with Crippen molar-refractivity contribution in [2.45, 2.75) is 19.4 Å². The van der Waals surface area contributed by atoms with Crippen LogP contribution in [0.15, 0.2) is 72.8 Å². The van der Waals surface area contributed by atoms with Crippen LogP contribution >= 0.6 is 0 Å². The van der Waals surface area contributed by atoms with Gasteiger partial charge >= 0.3 is 5.97 Å². The first kappa shape index (κ1) is 19.3. The molecule has 2 N–H and O–H groups in total. The molecule has 0 spiro atoms. The first-order valence-corrected chi connectivity index (χ1v) is 8.88. The Balaban J connectivity index is 1.86. The van der Waals surface area contributed by atoms with Crippen molar-refractivity contribution in [3.8, 4) is 0 Å². The quantitative estimate of drug-likeness (QED) is 0.596. The van der Waals surface area contributed by atoms with Crippen molar-refractivity contribution in [1.29, 1.82) is 0 Å². The second-order valence-electron chi connectivity index (χ2n) is 6.61. The number of hydrogen-bond donors (Lipinski definition) is 2.